The monoisotopic (exact) mass is 649 g/mol. The Labute approximate surface area is 265 Å². The van der Waals surface area contributed by atoms with Crippen LogP contribution in [0.5, 0.6) is 0 Å². The van der Waals surface area contributed by atoms with E-state index in [0.29, 0.717) is 23.6 Å². The van der Waals surface area contributed by atoms with E-state index in [1.807, 2.05) is 73.7 Å². The molecule has 1 fully saturated rings. The topological polar surface area (TPSA) is 82.1 Å². The lowest BCUT2D eigenvalue weighted by molar-refractivity contribution is -0.156. The summed E-state index contributed by atoms with van der Waals surface area (Å²) in [6.07, 6.45) is 0.528. The standard InChI is InChI=1S/C34H40NO6PSSi/c1-24-29-28(22-23-39-44(5,6)34(2,3)4)32(36)35(29)30(33(37)41-43-27-20-14-9-15-21-27)31(24)40-42(38,25-16-10-7-11-17-25)26-18-12-8-13-19-26/h7-21,24,28-29H,22-23H2,1-6H3/t24-,28-,29-/m1/s1. The van der Waals surface area contributed by atoms with Gasteiger partial charge in [0.1, 0.15) is 5.76 Å². The van der Waals surface area contributed by atoms with Crippen LogP contribution in [0.4, 0.5) is 0 Å². The third-order valence-corrected chi connectivity index (χ3v) is 16.6. The summed E-state index contributed by atoms with van der Waals surface area (Å²) in [5, 5.41) is 1.05. The highest BCUT2D eigenvalue weighted by molar-refractivity contribution is 7.95. The minimum atomic E-state index is -3.72. The fraction of sp³-hybridized carbons (Fsp3) is 0.353. The number of amides is 1. The van der Waals surface area contributed by atoms with Crippen LogP contribution in [0.3, 0.4) is 0 Å². The zero-order valence-corrected chi connectivity index (χ0v) is 28.8. The summed E-state index contributed by atoms with van der Waals surface area (Å²) >= 11 is 0.916. The predicted molar refractivity (Wildman–Crippen MR) is 177 cm³/mol. The predicted octanol–water partition coefficient (Wildman–Crippen LogP) is 7.28. The molecule has 0 N–H and O–H groups in total. The molecule has 1 saturated heterocycles. The van der Waals surface area contributed by atoms with E-state index in [1.165, 1.54) is 4.90 Å². The summed E-state index contributed by atoms with van der Waals surface area (Å²) in [7, 11) is -5.72. The molecule has 0 radical (unpaired) electrons. The van der Waals surface area contributed by atoms with Crippen LogP contribution in [0.2, 0.25) is 18.1 Å². The van der Waals surface area contributed by atoms with Crippen molar-refractivity contribution in [3.63, 3.8) is 0 Å². The summed E-state index contributed by atoms with van der Waals surface area (Å²) in [5.41, 5.74) is 0.0181. The second-order valence-corrected chi connectivity index (χ2v) is 20.7. The van der Waals surface area contributed by atoms with Crippen molar-refractivity contribution in [3.05, 3.63) is 102 Å². The number of carbonyl (C=O) groups excluding carboxylic acids is 2. The third-order valence-electron chi connectivity index (χ3n) is 8.93. The first-order valence-electron chi connectivity index (χ1n) is 14.9. The van der Waals surface area contributed by atoms with Crippen molar-refractivity contribution >= 4 is 50.2 Å². The Hall–Kier alpha value is -3.10. The Morgan fingerprint density at radius 3 is 1.95 bits per heavy atom. The van der Waals surface area contributed by atoms with Crippen LogP contribution < -0.4 is 10.6 Å². The van der Waals surface area contributed by atoms with Gasteiger partial charge in [-0.2, -0.15) is 0 Å². The fourth-order valence-electron chi connectivity index (χ4n) is 5.41. The normalized spacial score (nSPS) is 20.3. The van der Waals surface area contributed by atoms with Gasteiger partial charge in [-0.25, -0.2) is 4.79 Å². The van der Waals surface area contributed by atoms with Gasteiger partial charge in [-0.1, -0.05) is 82.3 Å². The van der Waals surface area contributed by atoms with E-state index in [0.717, 1.165) is 16.9 Å². The molecule has 0 spiro atoms. The van der Waals surface area contributed by atoms with Gasteiger partial charge in [0, 0.05) is 17.4 Å². The summed E-state index contributed by atoms with van der Waals surface area (Å²) in [5.74, 6) is -1.42. The number of carbonyl (C=O) groups is 2. The largest absolute Gasteiger partial charge is 0.439 e. The van der Waals surface area contributed by atoms with Crippen molar-refractivity contribution < 1.29 is 27.3 Å². The van der Waals surface area contributed by atoms with Crippen LogP contribution in [-0.4, -0.2) is 37.7 Å². The number of nitrogens with zero attached hydrogens (tertiary/aromatic N) is 1. The summed E-state index contributed by atoms with van der Waals surface area (Å²) in [6, 6.07) is 26.9. The van der Waals surface area contributed by atoms with Gasteiger partial charge in [0.2, 0.25) is 5.91 Å². The molecule has 2 aliphatic heterocycles. The zero-order valence-electron chi connectivity index (χ0n) is 26.1. The maximum atomic E-state index is 14.9. The van der Waals surface area contributed by atoms with Crippen molar-refractivity contribution in [2.75, 3.05) is 6.61 Å². The van der Waals surface area contributed by atoms with Gasteiger partial charge in [0.05, 0.1) is 34.6 Å². The first-order valence-corrected chi connectivity index (χ1v) is 20.2. The van der Waals surface area contributed by atoms with Gasteiger partial charge in [0.15, 0.2) is 14.0 Å². The molecule has 44 heavy (non-hydrogen) atoms. The molecule has 3 aromatic rings. The Morgan fingerprint density at radius 1 is 0.909 bits per heavy atom. The van der Waals surface area contributed by atoms with Crippen molar-refractivity contribution in [3.8, 4) is 0 Å². The lowest BCUT2D eigenvalue weighted by Gasteiger charge is -2.45. The number of hydrogen-bond donors (Lipinski definition) is 0. The van der Waals surface area contributed by atoms with Crippen LogP contribution in [0.1, 0.15) is 34.1 Å². The molecule has 3 atom stereocenters. The average Bonchev–Trinajstić information content (AvgIpc) is 3.26. The quantitative estimate of drug-likeness (QED) is 0.0935. The first-order chi connectivity index (χ1) is 20.8. The van der Waals surface area contributed by atoms with Gasteiger partial charge < -0.3 is 13.1 Å². The fourth-order valence-corrected chi connectivity index (χ4v) is 9.16. The zero-order chi connectivity index (χ0) is 31.7. The van der Waals surface area contributed by atoms with E-state index in [4.69, 9.17) is 13.1 Å². The van der Waals surface area contributed by atoms with E-state index in [1.54, 1.807) is 24.3 Å². The minimum absolute atomic E-state index is 0.0181. The Kier molecular flexibility index (Phi) is 9.33. The lowest BCUT2D eigenvalue weighted by atomic mass is 9.80. The van der Waals surface area contributed by atoms with Crippen molar-refractivity contribution in [1.82, 2.24) is 4.90 Å². The minimum Gasteiger partial charge on any atom is -0.439 e. The molecule has 2 aliphatic rings. The molecule has 3 aromatic carbocycles. The van der Waals surface area contributed by atoms with Gasteiger partial charge in [-0.3, -0.25) is 14.3 Å². The molecule has 1 amide bonds. The molecule has 7 nitrogen and oxygen atoms in total. The van der Waals surface area contributed by atoms with E-state index < -0.39 is 27.6 Å². The summed E-state index contributed by atoms with van der Waals surface area (Å²) < 4.78 is 33.5. The van der Waals surface area contributed by atoms with Crippen molar-refractivity contribution in [1.29, 1.82) is 0 Å². The van der Waals surface area contributed by atoms with Crippen molar-refractivity contribution in [2.45, 2.75) is 63.2 Å². The molecular weight excluding hydrogens is 610 g/mol. The van der Waals surface area contributed by atoms with Crippen LogP contribution >= 0.6 is 19.4 Å². The van der Waals surface area contributed by atoms with E-state index in [9.17, 15) is 14.2 Å². The molecule has 0 saturated carbocycles. The van der Waals surface area contributed by atoms with E-state index in [-0.39, 0.29) is 34.4 Å². The van der Waals surface area contributed by atoms with Crippen LogP contribution in [0.15, 0.2) is 107 Å². The molecule has 0 unspecified atom stereocenters. The highest BCUT2D eigenvalue weighted by atomic mass is 32.2. The van der Waals surface area contributed by atoms with Gasteiger partial charge in [-0.15, -0.1) is 0 Å². The second kappa shape index (κ2) is 12.7. The summed E-state index contributed by atoms with van der Waals surface area (Å²) in [6.45, 7) is 13.3. The van der Waals surface area contributed by atoms with Gasteiger partial charge >= 0.3 is 13.3 Å². The number of fused-ring (bicyclic) bond motifs is 1. The highest BCUT2D eigenvalue weighted by Crippen LogP contribution is 2.55. The highest BCUT2D eigenvalue weighted by Gasteiger charge is 2.60. The van der Waals surface area contributed by atoms with Crippen LogP contribution in [0.25, 0.3) is 0 Å². The first kappa shape index (κ1) is 32.3. The molecule has 2 heterocycles. The molecule has 232 valence electrons. The lowest BCUT2D eigenvalue weighted by Crippen LogP contribution is -2.60. The van der Waals surface area contributed by atoms with Gasteiger partial charge in [-0.05, 0) is 61.0 Å². The van der Waals surface area contributed by atoms with Crippen LogP contribution in [0, 0.1) is 11.8 Å². The van der Waals surface area contributed by atoms with Crippen LogP contribution in [-0.2, 0) is 27.3 Å². The number of rotatable bonds is 11. The SMILES string of the molecule is C[C@H]1C(OP(=O)(c2ccccc2)c2ccccc2)=C(C(=O)OSc2ccccc2)N2C(=O)[C@H](CCO[Si](C)(C)C(C)(C)C)[C@@H]12. The van der Waals surface area contributed by atoms with Gasteiger partial charge in [0.25, 0.3) is 0 Å². The number of β-lactam (4-membered cyclic amide) rings is 1. The summed E-state index contributed by atoms with van der Waals surface area (Å²) in [4.78, 5) is 29.7. The second-order valence-electron chi connectivity index (χ2n) is 12.8. The molecule has 0 aliphatic carbocycles. The molecule has 0 aromatic heterocycles. The van der Waals surface area contributed by atoms with E-state index in [2.05, 4.69) is 33.9 Å². The smallest absolute Gasteiger partial charge is 0.371 e. The number of benzene rings is 3. The third kappa shape index (κ3) is 6.20. The Balaban J connectivity index is 1.47. The maximum Gasteiger partial charge on any atom is 0.371 e. The molecular formula is C34H40NO6PSSi. The van der Waals surface area contributed by atoms with E-state index >= 15 is 0 Å². The Bertz CT molecular complexity index is 1530. The molecule has 5 rings (SSSR count). The maximum absolute atomic E-state index is 14.9. The molecule has 0 bridgehead atoms. The Morgan fingerprint density at radius 2 is 1.43 bits per heavy atom. The average molecular weight is 650 g/mol. The van der Waals surface area contributed by atoms with Crippen molar-refractivity contribution in [2.24, 2.45) is 11.8 Å². The molecule has 10 heteroatoms. The number of hydrogen-bond acceptors (Lipinski definition) is 7.